The van der Waals surface area contributed by atoms with Crippen molar-refractivity contribution in [1.82, 2.24) is 10.2 Å². The number of halogens is 1. The number of likely N-dealkylation sites (N-methyl/N-ethyl adjacent to an activating group) is 1. The van der Waals surface area contributed by atoms with Crippen molar-refractivity contribution in [2.24, 2.45) is 0 Å². The summed E-state index contributed by atoms with van der Waals surface area (Å²) in [7, 11) is 1.59. The van der Waals surface area contributed by atoms with Crippen molar-refractivity contribution >= 4 is 34.9 Å². The molecule has 9 heteroatoms. The van der Waals surface area contributed by atoms with E-state index >= 15 is 0 Å². The highest BCUT2D eigenvalue weighted by Gasteiger charge is 2.43. The van der Waals surface area contributed by atoms with E-state index in [1.807, 2.05) is 0 Å². The van der Waals surface area contributed by atoms with Gasteiger partial charge in [-0.05, 0) is 23.8 Å². The molecule has 2 aromatic rings. The molecule has 0 spiro atoms. The van der Waals surface area contributed by atoms with Crippen LogP contribution in [-0.4, -0.2) is 35.4 Å². The van der Waals surface area contributed by atoms with E-state index in [1.54, 1.807) is 37.4 Å². The average Bonchev–Trinajstić information content (AvgIpc) is 3.03. The Morgan fingerprint density at radius 3 is 2.57 bits per heavy atom. The summed E-state index contributed by atoms with van der Waals surface area (Å²) in [6.07, 6.45) is 0. The molecule has 0 aromatic heterocycles. The number of nitro groups is 1. The summed E-state index contributed by atoms with van der Waals surface area (Å²) in [5.41, 5.74) is 2.04. The number of rotatable bonds is 3. The molecule has 4 rings (SSSR count). The normalized spacial score (nSPS) is 19.0. The summed E-state index contributed by atoms with van der Waals surface area (Å²) >= 11 is 5.95. The Hall–Kier alpha value is -3.39. The molecule has 0 radical (unpaired) electrons. The summed E-state index contributed by atoms with van der Waals surface area (Å²) in [4.78, 5) is 39.0. The Morgan fingerprint density at radius 2 is 1.89 bits per heavy atom. The van der Waals surface area contributed by atoms with E-state index in [0.717, 1.165) is 5.56 Å². The molecule has 0 saturated carbocycles. The third-order valence-corrected chi connectivity index (χ3v) is 5.17. The Morgan fingerprint density at radius 1 is 1.18 bits per heavy atom. The van der Waals surface area contributed by atoms with E-state index in [-0.39, 0.29) is 24.2 Å². The summed E-state index contributed by atoms with van der Waals surface area (Å²) < 4.78 is 0. The van der Waals surface area contributed by atoms with E-state index in [0.29, 0.717) is 22.0 Å². The molecular weight excluding hydrogens is 384 g/mol. The first-order chi connectivity index (χ1) is 13.4. The lowest BCUT2D eigenvalue weighted by Gasteiger charge is -2.31. The number of non-ortho nitro benzene ring substituents is 1. The van der Waals surface area contributed by atoms with Gasteiger partial charge in [0, 0.05) is 24.2 Å². The molecule has 142 valence electrons. The van der Waals surface area contributed by atoms with Gasteiger partial charge in [0.2, 0.25) is 0 Å². The molecule has 3 amide bonds. The van der Waals surface area contributed by atoms with Crippen LogP contribution >= 0.6 is 11.6 Å². The summed E-state index contributed by atoms with van der Waals surface area (Å²) in [5.74, 6) is -0.303. The van der Waals surface area contributed by atoms with Crippen LogP contribution in [0.5, 0.6) is 0 Å². The van der Waals surface area contributed by atoms with E-state index in [2.05, 4.69) is 5.32 Å². The quantitative estimate of drug-likeness (QED) is 0.634. The van der Waals surface area contributed by atoms with Gasteiger partial charge in [-0.25, -0.2) is 4.79 Å². The number of amides is 3. The molecule has 8 nitrogen and oxygen atoms in total. The number of nitrogens with zero attached hydrogens (tertiary/aromatic N) is 3. The van der Waals surface area contributed by atoms with Crippen LogP contribution in [0.4, 0.5) is 16.2 Å². The summed E-state index contributed by atoms with van der Waals surface area (Å²) in [6, 6.07) is 11.8. The maximum Gasteiger partial charge on any atom is 0.322 e. The molecule has 28 heavy (non-hydrogen) atoms. The van der Waals surface area contributed by atoms with Crippen molar-refractivity contribution in [3.05, 3.63) is 80.5 Å². The highest BCUT2D eigenvalue weighted by Crippen LogP contribution is 2.38. The van der Waals surface area contributed by atoms with Crippen LogP contribution in [0, 0.1) is 10.1 Å². The minimum atomic E-state index is -0.618. The predicted molar refractivity (Wildman–Crippen MR) is 103 cm³/mol. The van der Waals surface area contributed by atoms with E-state index in [4.69, 9.17) is 11.6 Å². The zero-order valence-electron chi connectivity index (χ0n) is 14.8. The summed E-state index contributed by atoms with van der Waals surface area (Å²) in [5, 5.41) is 14.5. The average molecular weight is 399 g/mol. The molecule has 2 aliphatic heterocycles. The zero-order chi connectivity index (χ0) is 20.0. The molecule has 1 N–H and O–H groups in total. The third-order valence-electron chi connectivity index (χ3n) is 4.92. The Kier molecular flexibility index (Phi) is 4.27. The van der Waals surface area contributed by atoms with Gasteiger partial charge in [-0.1, -0.05) is 29.8 Å². The van der Waals surface area contributed by atoms with E-state index in [9.17, 15) is 19.7 Å². The number of anilines is 1. The fourth-order valence-electron chi connectivity index (χ4n) is 3.46. The van der Waals surface area contributed by atoms with Crippen LogP contribution in [0.3, 0.4) is 0 Å². The standard InChI is InChI=1S/C19H15ClN4O4/c1-22-15-10-23(13-3-2-4-14(9-13)24(27)28)18(25)16(15)17(21-19(22)26)11-5-7-12(20)8-6-11/h2-9,17H,10H2,1H3,(H,21,26). The van der Waals surface area contributed by atoms with Gasteiger partial charge in [0.15, 0.2) is 0 Å². The lowest BCUT2D eigenvalue weighted by atomic mass is 9.96. The number of hydrogen-bond donors (Lipinski definition) is 1. The Balaban J connectivity index is 1.75. The SMILES string of the molecule is CN1C(=O)NC(c2ccc(Cl)cc2)C2=C1CN(c1cccc([N+](=O)[O-])c1)C2=O. The molecule has 2 heterocycles. The highest BCUT2D eigenvalue weighted by molar-refractivity contribution is 6.30. The van der Waals surface area contributed by atoms with Gasteiger partial charge in [0.05, 0.1) is 34.5 Å². The lowest BCUT2D eigenvalue weighted by molar-refractivity contribution is -0.384. The van der Waals surface area contributed by atoms with Crippen LogP contribution in [0.15, 0.2) is 59.8 Å². The van der Waals surface area contributed by atoms with Crippen molar-refractivity contribution in [3.63, 3.8) is 0 Å². The molecule has 0 saturated heterocycles. The maximum atomic E-state index is 13.2. The highest BCUT2D eigenvalue weighted by atomic mass is 35.5. The number of nitro benzene ring substituents is 1. The smallest absolute Gasteiger partial charge is 0.322 e. The van der Waals surface area contributed by atoms with Gasteiger partial charge < -0.3 is 10.2 Å². The molecule has 1 unspecified atom stereocenters. The van der Waals surface area contributed by atoms with Crippen LogP contribution in [0.1, 0.15) is 11.6 Å². The van der Waals surface area contributed by atoms with Crippen LogP contribution in [-0.2, 0) is 4.79 Å². The van der Waals surface area contributed by atoms with E-state index in [1.165, 1.54) is 28.0 Å². The number of hydrogen-bond acceptors (Lipinski definition) is 4. The van der Waals surface area contributed by atoms with Gasteiger partial charge in [0.1, 0.15) is 0 Å². The second kappa shape index (κ2) is 6.65. The second-order valence-electron chi connectivity index (χ2n) is 6.52. The topological polar surface area (TPSA) is 95.8 Å². The van der Waals surface area contributed by atoms with Crippen molar-refractivity contribution in [2.75, 3.05) is 18.5 Å². The maximum absolute atomic E-state index is 13.2. The third kappa shape index (κ3) is 2.87. The lowest BCUT2D eigenvalue weighted by Crippen LogP contribution is -2.45. The largest absolute Gasteiger partial charge is 0.327 e. The molecule has 0 aliphatic carbocycles. The minimum Gasteiger partial charge on any atom is -0.327 e. The second-order valence-corrected chi connectivity index (χ2v) is 6.96. The fraction of sp³-hybridized carbons (Fsp3) is 0.158. The van der Waals surface area contributed by atoms with Crippen LogP contribution in [0.25, 0.3) is 0 Å². The Bertz CT molecular complexity index is 1030. The van der Waals surface area contributed by atoms with Crippen molar-refractivity contribution in [1.29, 1.82) is 0 Å². The van der Waals surface area contributed by atoms with Crippen LogP contribution in [0.2, 0.25) is 5.02 Å². The fourth-order valence-corrected chi connectivity index (χ4v) is 3.58. The molecular formula is C19H15ClN4O4. The molecule has 1 atom stereocenters. The molecule has 0 fully saturated rings. The number of carbonyl (C=O) groups excluding carboxylic acids is 2. The zero-order valence-corrected chi connectivity index (χ0v) is 15.5. The first-order valence-electron chi connectivity index (χ1n) is 8.46. The van der Waals surface area contributed by atoms with E-state index < -0.39 is 11.0 Å². The van der Waals surface area contributed by atoms with Gasteiger partial charge in [-0.15, -0.1) is 0 Å². The molecule has 2 aromatic carbocycles. The Labute approximate surface area is 165 Å². The van der Waals surface area contributed by atoms with Gasteiger partial charge in [0.25, 0.3) is 11.6 Å². The summed E-state index contributed by atoms with van der Waals surface area (Å²) in [6.45, 7) is 0.156. The van der Waals surface area contributed by atoms with Crippen molar-refractivity contribution in [3.8, 4) is 0 Å². The minimum absolute atomic E-state index is 0.105. The van der Waals surface area contributed by atoms with Crippen molar-refractivity contribution in [2.45, 2.75) is 6.04 Å². The molecule has 2 aliphatic rings. The monoisotopic (exact) mass is 398 g/mol. The first kappa shape index (κ1) is 18.0. The van der Waals surface area contributed by atoms with Crippen molar-refractivity contribution < 1.29 is 14.5 Å². The predicted octanol–water partition coefficient (Wildman–Crippen LogP) is 3.25. The number of nitrogens with one attached hydrogen (secondary N) is 1. The van der Waals surface area contributed by atoms with Gasteiger partial charge in [-0.3, -0.25) is 19.8 Å². The number of carbonyl (C=O) groups is 2. The van der Waals surface area contributed by atoms with Crippen LogP contribution < -0.4 is 10.2 Å². The first-order valence-corrected chi connectivity index (χ1v) is 8.83. The van der Waals surface area contributed by atoms with Gasteiger partial charge in [-0.2, -0.15) is 0 Å². The molecule has 0 bridgehead atoms. The number of urea groups is 1. The van der Waals surface area contributed by atoms with Gasteiger partial charge >= 0.3 is 6.03 Å². The number of benzene rings is 2.